The monoisotopic (exact) mass is 781 g/mol. The molecule has 0 atom stereocenters. The number of para-hydroxylation sites is 3. The van der Waals surface area contributed by atoms with E-state index in [1.54, 1.807) is 0 Å². The highest BCUT2D eigenvalue weighted by atomic mass is 16.3. The Morgan fingerprint density at radius 1 is 0.459 bits per heavy atom. The Balaban J connectivity index is 1.15. The number of rotatable bonds is 6. The van der Waals surface area contributed by atoms with Crippen molar-refractivity contribution < 1.29 is 8.83 Å². The van der Waals surface area contributed by atoms with Gasteiger partial charge in [-0.25, -0.2) is 9.98 Å². The summed E-state index contributed by atoms with van der Waals surface area (Å²) in [5.41, 5.74) is 10.2. The fourth-order valence-corrected chi connectivity index (χ4v) is 9.08. The first-order valence-electron chi connectivity index (χ1n) is 20.4. The topological polar surface area (TPSA) is 55.9 Å². The highest BCUT2D eigenvalue weighted by Gasteiger charge is 2.22. The Morgan fingerprint density at radius 3 is 1.92 bits per heavy atom. The second kappa shape index (κ2) is 13.7. The average Bonchev–Trinajstić information content (AvgIpc) is 3.98. The maximum Gasteiger partial charge on any atom is 0.160 e. The lowest BCUT2D eigenvalue weighted by molar-refractivity contribution is 0.668. The SMILES string of the molecule is C=C/C(=N\C(=N/C(=C)c1ccc2oc3ccccc3c2c1)c1cc(-n2c3ccccc3c3cc4ccccc4cc32)c2c(c1)oc1ccccc12)c1cccc2ccccc12. The van der Waals surface area contributed by atoms with Gasteiger partial charge in [0.25, 0.3) is 0 Å². The quantitative estimate of drug-likeness (QED) is 0.125. The molecule has 0 aliphatic carbocycles. The Kier molecular flexibility index (Phi) is 7.77. The van der Waals surface area contributed by atoms with Gasteiger partial charge in [0.15, 0.2) is 5.84 Å². The molecule has 0 N–H and O–H groups in total. The summed E-state index contributed by atoms with van der Waals surface area (Å²) in [6.07, 6.45) is 1.81. The van der Waals surface area contributed by atoms with Crippen molar-refractivity contribution in [1.82, 2.24) is 4.57 Å². The van der Waals surface area contributed by atoms with E-state index in [1.807, 2.05) is 48.5 Å². The van der Waals surface area contributed by atoms with Crippen LogP contribution in [0.15, 0.2) is 220 Å². The van der Waals surface area contributed by atoms with Gasteiger partial charge in [-0.2, -0.15) is 0 Å². The van der Waals surface area contributed by atoms with Gasteiger partial charge in [-0.1, -0.05) is 134 Å². The molecule has 0 radical (unpaired) electrons. The van der Waals surface area contributed by atoms with Gasteiger partial charge in [0.1, 0.15) is 22.3 Å². The lowest BCUT2D eigenvalue weighted by Crippen LogP contribution is -2.07. The van der Waals surface area contributed by atoms with Gasteiger partial charge < -0.3 is 13.4 Å². The molecule has 3 aromatic heterocycles. The molecule has 0 saturated carbocycles. The molecule has 12 rings (SSSR count). The molecule has 0 aliphatic heterocycles. The molecule has 5 heteroatoms. The number of aromatic nitrogens is 1. The molecule has 0 fully saturated rings. The van der Waals surface area contributed by atoms with Gasteiger partial charge in [-0.05, 0) is 88.3 Å². The fourth-order valence-electron chi connectivity index (χ4n) is 9.08. The van der Waals surface area contributed by atoms with E-state index in [2.05, 4.69) is 157 Å². The van der Waals surface area contributed by atoms with Crippen molar-refractivity contribution in [3.8, 4) is 5.69 Å². The normalized spacial score (nSPS) is 12.6. The summed E-state index contributed by atoms with van der Waals surface area (Å²) in [6.45, 7) is 8.83. The molecule has 3 heterocycles. The van der Waals surface area contributed by atoms with Gasteiger partial charge in [-0.3, -0.25) is 0 Å². The maximum atomic E-state index is 6.75. The first-order chi connectivity index (χ1) is 30.1. The summed E-state index contributed by atoms with van der Waals surface area (Å²) in [4.78, 5) is 10.8. The first kappa shape index (κ1) is 34.7. The highest BCUT2D eigenvalue weighted by molar-refractivity contribution is 6.23. The van der Waals surface area contributed by atoms with E-state index in [-0.39, 0.29) is 0 Å². The zero-order valence-corrected chi connectivity index (χ0v) is 33.0. The van der Waals surface area contributed by atoms with Crippen LogP contribution in [0.1, 0.15) is 16.7 Å². The largest absolute Gasteiger partial charge is 0.456 e. The van der Waals surface area contributed by atoms with E-state index in [0.29, 0.717) is 17.2 Å². The van der Waals surface area contributed by atoms with Crippen molar-refractivity contribution in [3.63, 3.8) is 0 Å². The summed E-state index contributed by atoms with van der Waals surface area (Å²) in [6, 6.07) is 63.0. The summed E-state index contributed by atoms with van der Waals surface area (Å²) in [5, 5.41) is 11.0. The van der Waals surface area contributed by atoms with Crippen LogP contribution in [0.25, 0.3) is 98.6 Å². The minimum atomic E-state index is 0.472. The average molecular weight is 782 g/mol. The van der Waals surface area contributed by atoms with Crippen LogP contribution in [-0.2, 0) is 0 Å². The van der Waals surface area contributed by atoms with Crippen LogP contribution >= 0.6 is 0 Å². The Bertz CT molecular complexity index is 3870. The lowest BCUT2D eigenvalue weighted by atomic mass is 10.0. The molecule has 286 valence electrons. The highest BCUT2D eigenvalue weighted by Crippen LogP contribution is 2.41. The smallest absolute Gasteiger partial charge is 0.160 e. The number of amidine groups is 1. The molecule has 5 nitrogen and oxygen atoms in total. The van der Waals surface area contributed by atoms with E-state index in [0.717, 1.165) is 88.1 Å². The van der Waals surface area contributed by atoms with Crippen LogP contribution in [-0.4, -0.2) is 16.1 Å². The number of nitrogens with zero attached hydrogens (tertiary/aromatic N) is 3. The molecule has 9 aromatic carbocycles. The van der Waals surface area contributed by atoms with Crippen LogP contribution in [0.3, 0.4) is 0 Å². The molecule has 0 spiro atoms. The van der Waals surface area contributed by atoms with Gasteiger partial charge in [0.2, 0.25) is 0 Å². The van der Waals surface area contributed by atoms with Gasteiger partial charge >= 0.3 is 0 Å². The molecule has 0 amide bonds. The molecule has 0 saturated heterocycles. The van der Waals surface area contributed by atoms with Crippen molar-refractivity contribution in [3.05, 3.63) is 218 Å². The summed E-state index contributed by atoms with van der Waals surface area (Å²) in [5.74, 6) is 0.472. The second-order valence-corrected chi connectivity index (χ2v) is 15.5. The third-order valence-corrected chi connectivity index (χ3v) is 11.9. The molecule has 0 unspecified atom stereocenters. The van der Waals surface area contributed by atoms with E-state index < -0.39 is 0 Å². The van der Waals surface area contributed by atoms with Crippen molar-refractivity contribution in [2.24, 2.45) is 9.98 Å². The number of allylic oxidation sites excluding steroid dienone is 1. The van der Waals surface area contributed by atoms with Crippen molar-refractivity contribution >= 4 is 104 Å². The molecule has 61 heavy (non-hydrogen) atoms. The number of fused-ring (bicyclic) bond motifs is 11. The van der Waals surface area contributed by atoms with Gasteiger partial charge in [-0.15, -0.1) is 0 Å². The standard InChI is InChI=1S/C56H35N3O2/c1-3-47(41-23-14-18-35-15-6-7-19-40(35)41)58-56(57-34(2)36-27-28-53-46(29-36)43-21-9-12-25-51(43)60-53)39-32-50(55-44-22-10-13-26-52(44)61-54(55)33-39)59-48-24-11-8-20-42(48)45-30-37-16-4-5-17-38(37)31-49(45)59/h3-33H,1-2H2/b57-56-,58-47+. The molecule has 0 bridgehead atoms. The predicted molar refractivity (Wildman–Crippen MR) is 256 cm³/mol. The third-order valence-electron chi connectivity index (χ3n) is 11.9. The Morgan fingerprint density at radius 2 is 1.10 bits per heavy atom. The fraction of sp³-hybridized carbons (Fsp3) is 0. The molecule has 12 aromatic rings. The number of aliphatic imine (C=N–C) groups is 2. The van der Waals surface area contributed by atoms with Crippen LogP contribution in [0.2, 0.25) is 0 Å². The van der Waals surface area contributed by atoms with Crippen LogP contribution in [0.4, 0.5) is 0 Å². The van der Waals surface area contributed by atoms with Crippen LogP contribution in [0.5, 0.6) is 0 Å². The number of hydrogen-bond acceptors (Lipinski definition) is 3. The van der Waals surface area contributed by atoms with Gasteiger partial charge in [0, 0.05) is 43.6 Å². The van der Waals surface area contributed by atoms with Crippen LogP contribution < -0.4 is 0 Å². The van der Waals surface area contributed by atoms with E-state index in [1.165, 1.54) is 21.5 Å². The Hall–Kier alpha value is -8.28. The predicted octanol–water partition coefficient (Wildman–Crippen LogP) is 15.0. The van der Waals surface area contributed by atoms with E-state index in [4.69, 9.17) is 18.8 Å². The van der Waals surface area contributed by atoms with Crippen molar-refractivity contribution in [1.29, 1.82) is 0 Å². The third kappa shape index (κ3) is 5.55. The lowest BCUT2D eigenvalue weighted by Gasteiger charge is -2.14. The zero-order valence-electron chi connectivity index (χ0n) is 33.0. The van der Waals surface area contributed by atoms with Gasteiger partial charge in [0.05, 0.1) is 33.5 Å². The molecular formula is C56H35N3O2. The van der Waals surface area contributed by atoms with E-state index in [9.17, 15) is 0 Å². The van der Waals surface area contributed by atoms with Crippen molar-refractivity contribution in [2.75, 3.05) is 0 Å². The maximum absolute atomic E-state index is 6.75. The van der Waals surface area contributed by atoms with Crippen molar-refractivity contribution in [2.45, 2.75) is 0 Å². The Labute approximate surface area is 350 Å². The van der Waals surface area contributed by atoms with Crippen LogP contribution in [0, 0.1) is 0 Å². The second-order valence-electron chi connectivity index (χ2n) is 15.5. The summed E-state index contributed by atoms with van der Waals surface area (Å²) < 4.78 is 15.3. The summed E-state index contributed by atoms with van der Waals surface area (Å²) >= 11 is 0. The number of benzene rings is 9. The zero-order chi connectivity index (χ0) is 40.6. The number of furan rings is 2. The molecule has 0 aliphatic rings. The molecular weight excluding hydrogens is 747 g/mol. The minimum absolute atomic E-state index is 0.472. The first-order valence-corrected chi connectivity index (χ1v) is 20.4. The summed E-state index contributed by atoms with van der Waals surface area (Å²) in [7, 11) is 0. The number of hydrogen-bond donors (Lipinski definition) is 0. The minimum Gasteiger partial charge on any atom is -0.456 e. The van der Waals surface area contributed by atoms with E-state index >= 15 is 0 Å².